The third-order valence-electron chi connectivity index (χ3n) is 2.35. The summed E-state index contributed by atoms with van der Waals surface area (Å²) in [5, 5.41) is 12.0. The number of hydrogen-bond donors (Lipinski definition) is 1. The van der Waals surface area contributed by atoms with E-state index in [1.807, 2.05) is 32.0 Å². The minimum absolute atomic E-state index is 0.162. The van der Waals surface area contributed by atoms with Gasteiger partial charge in [0.05, 0.1) is 17.7 Å². The number of benzene rings is 1. The average molecular weight is 204 g/mol. The van der Waals surface area contributed by atoms with E-state index in [4.69, 9.17) is 10.00 Å². The van der Waals surface area contributed by atoms with E-state index < -0.39 is 0 Å². The van der Waals surface area contributed by atoms with Gasteiger partial charge in [0.15, 0.2) is 0 Å². The maximum Gasteiger partial charge on any atom is 0.0992 e. The van der Waals surface area contributed by atoms with Crippen LogP contribution in [0.15, 0.2) is 18.2 Å². The molecule has 3 nitrogen and oxygen atoms in total. The van der Waals surface area contributed by atoms with Crippen molar-refractivity contribution in [3.8, 4) is 6.07 Å². The highest BCUT2D eigenvalue weighted by Gasteiger charge is 2.02. The van der Waals surface area contributed by atoms with Crippen molar-refractivity contribution in [1.82, 2.24) is 0 Å². The van der Waals surface area contributed by atoms with E-state index in [0.717, 1.165) is 17.8 Å². The zero-order valence-corrected chi connectivity index (χ0v) is 9.37. The fraction of sp³-hybridized carbons (Fsp3) is 0.417. The predicted octanol–water partition coefficient (Wildman–Crippen LogP) is 2.31. The number of methoxy groups -OCH3 is 1. The molecule has 1 atom stereocenters. The summed E-state index contributed by atoms with van der Waals surface area (Å²) in [4.78, 5) is 0. The Kier molecular flexibility index (Phi) is 4.14. The molecule has 0 radical (unpaired) electrons. The molecule has 80 valence electrons. The Bertz CT molecular complexity index is 368. The average Bonchev–Trinajstić information content (AvgIpc) is 2.27. The second-order valence-corrected chi connectivity index (χ2v) is 3.57. The maximum absolute atomic E-state index is 8.77. The van der Waals surface area contributed by atoms with Crippen molar-refractivity contribution in [2.45, 2.75) is 20.0 Å². The minimum Gasteiger partial charge on any atom is -0.382 e. The fourth-order valence-corrected chi connectivity index (χ4v) is 1.22. The molecule has 1 aromatic carbocycles. The third kappa shape index (κ3) is 3.26. The third-order valence-corrected chi connectivity index (χ3v) is 2.35. The lowest BCUT2D eigenvalue weighted by molar-refractivity contribution is 0.129. The maximum atomic E-state index is 8.77. The Balaban J connectivity index is 2.72. The first kappa shape index (κ1) is 11.5. The van der Waals surface area contributed by atoms with Crippen molar-refractivity contribution in [3.63, 3.8) is 0 Å². The van der Waals surface area contributed by atoms with Crippen LogP contribution in [0, 0.1) is 18.3 Å². The highest BCUT2D eigenvalue weighted by Crippen LogP contribution is 2.16. The largest absolute Gasteiger partial charge is 0.382 e. The molecule has 0 saturated carbocycles. The lowest BCUT2D eigenvalue weighted by Gasteiger charge is -2.13. The highest BCUT2D eigenvalue weighted by atomic mass is 16.5. The molecule has 0 heterocycles. The Labute approximate surface area is 90.7 Å². The Morgan fingerprint density at radius 3 is 2.87 bits per heavy atom. The summed E-state index contributed by atoms with van der Waals surface area (Å²) in [6.45, 7) is 4.75. The number of nitrogens with one attached hydrogen (secondary N) is 1. The molecule has 0 aliphatic heterocycles. The van der Waals surface area contributed by atoms with Gasteiger partial charge in [-0.1, -0.05) is 6.07 Å². The van der Waals surface area contributed by atoms with Crippen molar-refractivity contribution in [3.05, 3.63) is 29.3 Å². The Morgan fingerprint density at radius 1 is 1.53 bits per heavy atom. The first-order valence-electron chi connectivity index (χ1n) is 4.94. The molecule has 15 heavy (non-hydrogen) atoms. The lowest BCUT2D eigenvalue weighted by atomic mass is 10.1. The van der Waals surface area contributed by atoms with Crippen LogP contribution in [0.4, 0.5) is 5.69 Å². The SMILES string of the molecule is COC(C)CNc1cc(C#N)ccc1C. The number of nitrogens with zero attached hydrogens (tertiary/aromatic N) is 1. The summed E-state index contributed by atoms with van der Waals surface area (Å²) in [6, 6.07) is 7.75. The molecule has 0 spiro atoms. The summed E-state index contributed by atoms with van der Waals surface area (Å²) in [6.07, 6.45) is 0.162. The molecule has 0 aromatic heterocycles. The van der Waals surface area contributed by atoms with Crippen LogP contribution in [0.3, 0.4) is 0 Å². The van der Waals surface area contributed by atoms with Crippen molar-refractivity contribution in [2.75, 3.05) is 19.0 Å². The number of aryl methyl sites for hydroxylation is 1. The molecular weight excluding hydrogens is 188 g/mol. The van der Waals surface area contributed by atoms with Gasteiger partial charge < -0.3 is 10.1 Å². The molecule has 0 aliphatic rings. The molecule has 0 aliphatic carbocycles. The molecule has 0 bridgehead atoms. The van der Waals surface area contributed by atoms with Gasteiger partial charge in [-0.25, -0.2) is 0 Å². The van der Waals surface area contributed by atoms with Gasteiger partial charge in [-0.05, 0) is 31.5 Å². The second-order valence-electron chi connectivity index (χ2n) is 3.57. The fourth-order valence-electron chi connectivity index (χ4n) is 1.22. The molecule has 0 saturated heterocycles. The van der Waals surface area contributed by atoms with Gasteiger partial charge >= 0.3 is 0 Å². The summed E-state index contributed by atoms with van der Waals surface area (Å²) in [7, 11) is 1.69. The van der Waals surface area contributed by atoms with Gasteiger partial charge in [-0.2, -0.15) is 5.26 Å². The zero-order valence-electron chi connectivity index (χ0n) is 9.37. The number of anilines is 1. The van der Waals surface area contributed by atoms with Crippen LogP contribution in [0.5, 0.6) is 0 Å². The number of rotatable bonds is 4. The summed E-state index contributed by atoms with van der Waals surface area (Å²) in [5.74, 6) is 0. The van der Waals surface area contributed by atoms with Gasteiger partial charge in [0.1, 0.15) is 0 Å². The van der Waals surface area contributed by atoms with E-state index in [1.54, 1.807) is 7.11 Å². The summed E-state index contributed by atoms with van der Waals surface area (Å²) >= 11 is 0. The Hall–Kier alpha value is -1.53. The van der Waals surface area contributed by atoms with Crippen molar-refractivity contribution in [2.24, 2.45) is 0 Å². The van der Waals surface area contributed by atoms with E-state index in [0.29, 0.717) is 5.56 Å². The van der Waals surface area contributed by atoms with E-state index >= 15 is 0 Å². The molecular formula is C12H16N2O. The van der Waals surface area contributed by atoms with Crippen LogP contribution in [0.1, 0.15) is 18.1 Å². The monoisotopic (exact) mass is 204 g/mol. The van der Waals surface area contributed by atoms with Crippen LogP contribution in [-0.4, -0.2) is 19.8 Å². The van der Waals surface area contributed by atoms with Gasteiger partial charge in [-0.15, -0.1) is 0 Å². The quantitative estimate of drug-likeness (QED) is 0.818. The van der Waals surface area contributed by atoms with E-state index in [9.17, 15) is 0 Å². The molecule has 0 fully saturated rings. The topological polar surface area (TPSA) is 45.0 Å². The van der Waals surface area contributed by atoms with Crippen molar-refractivity contribution in [1.29, 1.82) is 5.26 Å². The van der Waals surface area contributed by atoms with E-state index in [1.165, 1.54) is 0 Å². The van der Waals surface area contributed by atoms with Crippen LogP contribution < -0.4 is 5.32 Å². The van der Waals surface area contributed by atoms with Crippen LogP contribution >= 0.6 is 0 Å². The van der Waals surface area contributed by atoms with Gasteiger partial charge in [0.2, 0.25) is 0 Å². The Morgan fingerprint density at radius 2 is 2.27 bits per heavy atom. The van der Waals surface area contributed by atoms with Gasteiger partial charge in [-0.3, -0.25) is 0 Å². The number of nitriles is 1. The normalized spacial score (nSPS) is 11.9. The first-order valence-corrected chi connectivity index (χ1v) is 4.94. The molecule has 1 rings (SSSR count). The minimum atomic E-state index is 0.162. The molecule has 3 heteroatoms. The standard InChI is InChI=1S/C12H16N2O/c1-9-4-5-11(7-13)6-12(9)14-8-10(2)15-3/h4-6,10,14H,8H2,1-3H3. The number of hydrogen-bond acceptors (Lipinski definition) is 3. The predicted molar refractivity (Wildman–Crippen MR) is 60.9 cm³/mol. The van der Waals surface area contributed by atoms with Crippen LogP contribution in [-0.2, 0) is 4.74 Å². The van der Waals surface area contributed by atoms with Crippen molar-refractivity contribution < 1.29 is 4.74 Å². The second kappa shape index (κ2) is 5.38. The molecule has 1 unspecified atom stereocenters. The van der Waals surface area contributed by atoms with E-state index in [-0.39, 0.29) is 6.10 Å². The smallest absolute Gasteiger partial charge is 0.0992 e. The zero-order chi connectivity index (χ0) is 11.3. The summed E-state index contributed by atoms with van der Waals surface area (Å²) < 4.78 is 5.14. The first-order chi connectivity index (χ1) is 7.17. The van der Waals surface area contributed by atoms with Crippen LogP contribution in [0.25, 0.3) is 0 Å². The molecule has 1 N–H and O–H groups in total. The lowest BCUT2D eigenvalue weighted by Crippen LogP contribution is -2.18. The van der Waals surface area contributed by atoms with Crippen LogP contribution in [0.2, 0.25) is 0 Å². The summed E-state index contributed by atoms with van der Waals surface area (Å²) in [5.41, 5.74) is 2.81. The van der Waals surface area contributed by atoms with Crippen molar-refractivity contribution >= 4 is 5.69 Å². The van der Waals surface area contributed by atoms with Gasteiger partial charge in [0, 0.05) is 19.3 Å². The van der Waals surface area contributed by atoms with E-state index in [2.05, 4.69) is 11.4 Å². The van der Waals surface area contributed by atoms with Gasteiger partial charge in [0.25, 0.3) is 0 Å². The number of ether oxygens (including phenoxy) is 1. The molecule has 1 aromatic rings. The molecule has 0 amide bonds. The highest BCUT2D eigenvalue weighted by molar-refractivity contribution is 5.55.